The lowest BCUT2D eigenvalue weighted by atomic mass is 9.92. The van der Waals surface area contributed by atoms with Crippen molar-refractivity contribution in [2.24, 2.45) is 0 Å². The molecule has 0 bridgehead atoms. The van der Waals surface area contributed by atoms with E-state index in [9.17, 15) is 15.3 Å². The summed E-state index contributed by atoms with van der Waals surface area (Å²) in [6.45, 7) is 0. The highest BCUT2D eigenvalue weighted by Gasteiger charge is 2.46. The van der Waals surface area contributed by atoms with Crippen molar-refractivity contribution in [1.82, 2.24) is 0 Å². The van der Waals surface area contributed by atoms with Gasteiger partial charge < -0.3 is 25.2 Å². The minimum Gasteiger partial charge on any atom is -0.486 e. The molecule has 1 aliphatic heterocycles. The normalized spacial score (nSPS) is 36.4. The number of aliphatic hydroxyl groups is 4. The Morgan fingerprint density at radius 2 is 1.72 bits per heavy atom. The van der Waals surface area contributed by atoms with E-state index in [4.69, 9.17) is 21.4 Å². The molecule has 1 heterocycles. The van der Waals surface area contributed by atoms with Gasteiger partial charge in [0, 0.05) is 0 Å². The standard InChI is InChI=1S/C12H19ClO5/c13-12(17)9(16)11-8(15)7(14)10(18-11)6-4-2-1-3-5-6/h7-9,11-12,14-17H,1-5H2. The number of allylic oxidation sites excluding steroid dienone is 1. The number of hydrogen-bond acceptors (Lipinski definition) is 5. The van der Waals surface area contributed by atoms with E-state index in [1.165, 1.54) is 0 Å². The highest BCUT2D eigenvalue weighted by atomic mass is 35.5. The number of hydrogen-bond donors (Lipinski definition) is 4. The SMILES string of the molecule is OC(Cl)C(O)C1OC(=C2CCCCC2)C(O)C1O. The monoisotopic (exact) mass is 278 g/mol. The molecule has 2 fully saturated rings. The van der Waals surface area contributed by atoms with E-state index in [1.807, 2.05) is 0 Å². The predicted octanol–water partition coefficient (Wildman–Crippen LogP) is 0.243. The maximum atomic E-state index is 9.94. The first-order valence-corrected chi connectivity index (χ1v) is 6.71. The fourth-order valence-electron chi connectivity index (χ4n) is 2.57. The highest BCUT2D eigenvalue weighted by Crippen LogP contribution is 2.35. The second kappa shape index (κ2) is 5.75. The van der Waals surface area contributed by atoms with Crippen molar-refractivity contribution in [1.29, 1.82) is 0 Å². The van der Waals surface area contributed by atoms with Crippen LogP contribution in [0.4, 0.5) is 0 Å². The lowest BCUT2D eigenvalue weighted by Gasteiger charge is -2.22. The summed E-state index contributed by atoms with van der Waals surface area (Å²) < 4.78 is 5.43. The van der Waals surface area contributed by atoms with Crippen LogP contribution in [-0.4, -0.2) is 50.4 Å². The van der Waals surface area contributed by atoms with Crippen LogP contribution < -0.4 is 0 Å². The molecule has 1 saturated heterocycles. The Morgan fingerprint density at radius 1 is 1.11 bits per heavy atom. The maximum absolute atomic E-state index is 9.94. The number of alkyl halides is 1. The zero-order valence-corrected chi connectivity index (χ0v) is 10.8. The van der Waals surface area contributed by atoms with Crippen molar-refractivity contribution in [3.05, 3.63) is 11.3 Å². The van der Waals surface area contributed by atoms with Gasteiger partial charge in [-0.25, -0.2) is 0 Å². The molecule has 0 aromatic rings. The average Bonchev–Trinajstić information content (AvgIpc) is 2.67. The van der Waals surface area contributed by atoms with Crippen LogP contribution in [0.5, 0.6) is 0 Å². The molecule has 0 amide bonds. The number of rotatable bonds is 2. The first-order chi connectivity index (χ1) is 8.52. The predicted molar refractivity (Wildman–Crippen MR) is 64.9 cm³/mol. The third-order valence-corrected chi connectivity index (χ3v) is 3.87. The Kier molecular flexibility index (Phi) is 4.50. The molecule has 1 aliphatic carbocycles. The fourth-order valence-corrected chi connectivity index (χ4v) is 2.71. The summed E-state index contributed by atoms with van der Waals surface area (Å²) in [6, 6.07) is 0. The van der Waals surface area contributed by atoms with E-state index < -0.39 is 30.0 Å². The van der Waals surface area contributed by atoms with Gasteiger partial charge in [0.25, 0.3) is 0 Å². The lowest BCUT2D eigenvalue weighted by Crippen LogP contribution is -2.42. The average molecular weight is 279 g/mol. The second-order valence-corrected chi connectivity index (χ2v) is 5.36. The second-order valence-electron chi connectivity index (χ2n) is 4.91. The summed E-state index contributed by atoms with van der Waals surface area (Å²) in [4.78, 5) is 0. The van der Waals surface area contributed by atoms with Crippen LogP contribution in [-0.2, 0) is 4.74 Å². The fraction of sp³-hybridized carbons (Fsp3) is 0.833. The number of aliphatic hydroxyl groups excluding tert-OH is 4. The van der Waals surface area contributed by atoms with Crippen LogP contribution in [0.1, 0.15) is 32.1 Å². The number of halogens is 1. The topological polar surface area (TPSA) is 90.2 Å². The largest absolute Gasteiger partial charge is 0.486 e. The van der Waals surface area contributed by atoms with Crippen molar-refractivity contribution >= 4 is 11.6 Å². The van der Waals surface area contributed by atoms with Crippen molar-refractivity contribution in [2.75, 3.05) is 0 Å². The van der Waals surface area contributed by atoms with Crippen molar-refractivity contribution in [3.63, 3.8) is 0 Å². The molecule has 0 radical (unpaired) electrons. The summed E-state index contributed by atoms with van der Waals surface area (Å²) in [5.41, 5.74) is -0.542. The van der Waals surface area contributed by atoms with E-state index in [0.29, 0.717) is 5.76 Å². The third kappa shape index (κ3) is 2.65. The number of ether oxygens (including phenoxy) is 1. The highest BCUT2D eigenvalue weighted by molar-refractivity contribution is 6.19. The minimum atomic E-state index is -1.53. The molecule has 2 aliphatic rings. The van der Waals surface area contributed by atoms with E-state index in [-0.39, 0.29) is 0 Å². The van der Waals surface area contributed by atoms with E-state index in [0.717, 1.165) is 37.7 Å². The molecule has 5 atom stereocenters. The maximum Gasteiger partial charge on any atom is 0.157 e. The van der Waals surface area contributed by atoms with Gasteiger partial charge in [0.15, 0.2) is 11.7 Å². The Morgan fingerprint density at radius 3 is 2.28 bits per heavy atom. The quantitative estimate of drug-likeness (QED) is 0.544. The molecular formula is C12H19ClO5. The van der Waals surface area contributed by atoms with Gasteiger partial charge in [0.1, 0.15) is 24.1 Å². The summed E-state index contributed by atoms with van der Waals surface area (Å²) >= 11 is 5.37. The van der Waals surface area contributed by atoms with E-state index in [1.54, 1.807) is 0 Å². The van der Waals surface area contributed by atoms with Crippen LogP contribution in [0.25, 0.3) is 0 Å². The summed E-state index contributed by atoms with van der Waals surface area (Å²) in [7, 11) is 0. The van der Waals surface area contributed by atoms with Gasteiger partial charge in [-0.1, -0.05) is 18.0 Å². The molecule has 104 valence electrons. The van der Waals surface area contributed by atoms with Crippen LogP contribution in [0.3, 0.4) is 0 Å². The van der Waals surface area contributed by atoms with Crippen molar-refractivity contribution < 1.29 is 25.2 Å². The van der Waals surface area contributed by atoms with Crippen LogP contribution in [0, 0.1) is 0 Å². The molecule has 6 heteroatoms. The molecule has 4 N–H and O–H groups in total. The van der Waals surface area contributed by atoms with Gasteiger partial charge in [-0.05, 0) is 31.3 Å². The van der Waals surface area contributed by atoms with Crippen LogP contribution >= 0.6 is 11.6 Å². The molecule has 0 aromatic carbocycles. The molecule has 1 saturated carbocycles. The lowest BCUT2D eigenvalue weighted by molar-refractivity contribution is -0.0730. The van der Waals surface area contributed by atoms with E-state index >= 15 is 0 Å². The first-order valence-electron chi connectivity index (χ1n) is 6.27. The van der Waals surface area contributed by atoms with Crippen LogP contribution in [0.2, 0.25) is 0 Å². The summed E-state index contributed by atoms with van der Waals surface area (Å²) in [6.07, 6.45) is -0.0217. The Labute approximate surface area is 111 Å². The van der Waals surface area contributed by atoms with Gasteiger partial charge in [-0.15, -0.1) is 0 Å². The molecule has 2 rings (SSSR count). The Bertz CT molecular complexity index is 322. The van der Waals surface area contributed by atoms with Crippen molar-refractivity contribution in [3.8, 4) is 0 Å². The van der Waals surface area contributed by atoms with Gasteiger partial charge in [0.2, 0.25) is 0 Å². The smallest absolute Gasteiger partial charge is 0.157 e. The molecule has 18 heavy (non-hydrogen) atoms. The zero-order chi connectivity index (χ0) is 13.3. The third-order valence-electron chi connectivity index (χ3n) is 3.62. The van der Waals surface area contributed by atoms with Gasteiger partial charge in [0.05, 0.1) is 0 Å². The Hall–Kier alpha value is -0.330. The summed E-state index contributed by atoms with van der Waals surface area (Å²) in [5.74, 6) is 0.351. The Balaban J connectivity index is 2.16. The van der Waals surface area contributed by atoms with E-state index in [2.05, 4.69) is 0 Å². The molecule has 5 nitrogen and oxygen atoms in total. The minimum absolute atomic E-state index is 0.351. The summed E-state index contributed by atoms with van der Waals surface area (Å²) in [5, 5.41) is 38.5. The van der Waals surface area contributed by atoms with Crippen molar-refractivity contribution in [2.45, 2.75) is 62.1 Å². The van der Waals surface area contributed by atoms with Crippen LogP contribution in [0.15, 0.2) is 11.3 Å². The van der Waals surface area contributed by atoms with Gasteiger partial charge in [-0.3, -0.25) is 0 Å². The molecule has 5 unspecified atom stereocenters. The van der Waals surface area contributed by atoms with Gasteiger partial charge in [-0.2, -0.15) is 0 Å². The molecular weight excluding hydrogens is 260 g/mol. The molecule has 0 aromatic heterocycles. The molecule has 0 spiro atoms. The first kappa shape index (κ1) is 14.1. The van der Waals surface area contributed by atoms with Gasteiger partial charge >= 0.3 is 0 Å². The zero-order valence-electron chi connectivity index (χ0n) is 10.00.